The first kappa shape index (κ1) is 38.7. The third-order valence-electron chi connectivity index (χ3n) is 15.8. The van der Waals surface area contributed by atoms with Gasteiger partial charge in [0.05, 0.1) is 22.7 Å². The number of carbonyl (C=O) groups excluding carboxylic acids is 4. The van der Waals surface area contributed by atoms with E-state index in [1.165, 1.54) is 47.1 Å². The molecule has 2 amide bonds. The Morgan fingerprint density at radius 2 is 1.71 bits per heavy atom. The van der Waals surface area contributed by atoms with Gasteiger partial charge in [-0.1, -0.05) is 79.5 Å². The van der Waals surface area contributed by atoms with E-state index in [-0.39, 0.29) is 53.4 Å². The smallest absolute Gasteiger partial charge is 0.340 e. The van der Waals surface area contributed by atoms with E-state index in [0.29, 0.717) is 42.5 Å². The standard InChI is InChI=1S/C46H55N3O7S2/c1-2-45(18-6-7-19-45)23-33-31-11-10-30-29-16-20-46(40(30)39(31)42(52)55-33)34-13-12-28(26-8-4-3-5-9-26)44(54)58-57-25-48-35-22-27(17-21-47-35)32(38(29)41(46)43(53)56-34)24-49-36(50)14-15-37(49)51/h13-15,17,22-23,26,28-30,32,40,44,47-48,54H,2-12,16,18-21,24-25H2,1H3. The van der Waals surface area contributed by atoms with Crippen molar-refractivity contribution in [2.75, 3.05) is 19.0 Å². The summed E-state index contributed by atoms with van der Waals surface area (Å²) >= 11 is 0. The maximum absolute atomic E-state index is 14.9. The van der Waals surface area contributed by atoms with E-state index in [1.807, 2.05) is 0 Å². The van der Waals surface area contributed by atoms with Crippen LogP contribution in [0, 0.1) is 46.3 Å². The second kappa shape index (κ2) is 15.2. The first-order valence-electron chi connectivity index (χ1n) is 22.0. The van der Waals surface area contributed by atoms with Gasteiger partial charge in [0.1, 0.15) is 17.0 Å². The van der Waals surface area contributed by atoms with Gasteiger partial charge in [0, 0.05) is 54.1 Å². The molecule has 1 spiro atoms. The number of dihydropyridines is 1. The SMILES string of the molecule is CCC1(C=C2OC(=O)C3=C2CCC2C4CCC5(C6=CCC(C7CCCCC7)C(O)SSCNC7=CC(=CCN7)C(CN7C(=O)C=CC7=O)C4=C5C(=O)O6)C32)CCCC1. The minimum Gasteiger partial charge on any atom is -0.427 e. The molecule has 7 atom stereocenters. The quantitative estimate of drug-likeness (QED) is 0.144. The van der Waals surface area contributed by atoms with Gasteiger partial charge in [0.2, 0.25) is 0 Å². The predicted molar refractivity (Wildman–Crippen MR) is 222 cm³/mol. The monoisotopic (exact) mass is 825 g/mol. The number of rotatable bonds is 5. The molecule has 0 aromatic carbocycles. The lowest BCUT2D eigenvalue weighted by Crippen LogP contribution is -2.54. The molecule has 0 aromatic rings. The summed E-state index contributed by atoms with van der Waals surface area (Å²) in [5.41, 5.74) is 2.74. The number of imide groups is 1. The highest BCUT2D eigenvalue weighted by Gasteiger charge is 2.69. The minimum atomic E-state index is -0.911. The van der Waals surface area contributed by atoms with Gasteiger partial charge in [0.15, 0.2) is 0 Å². The van der Waals surface area contributed by atoms with Crippen molar-refractivity contribution in [1.82, 2.24) is 15.5 Å². The minimum absolute atomic E-state index is 0.0265. The van der Waals surface area contributed by atoms with Gasteiger partial charge in [-0.2, -0.15) is 0 Å². The average Bonchev–Trinajstić information content (AvgIpc) is 4.00. The lowest BCUT2D eigenvalue weighted by molar-refractivity contribution is -0.138. The maximum atomic E-state index is 14.9. The third kappa shape index (κ3) is 6.24. The molecule has 10 nitrogen and oxygen atoms in total. The third-order valence-corrected chi connectivity index (χ3v) is 18.1. The number of allylic oxidation sites excluding steroid dienone is 5. The van der Waals surface area contributed by atoms with Crippen molar-refractivity contribution in [1.29, 1.82) is 0 Å². The molecule has 12 heteroatoms. The predicted octanol–water partition coefficient (Wildman–Crippen LogP) is 7.63. The Morgan fingerprint density at radius 1 is 0.914 bits per heavy atom. The number of cyclic esters (lactones) is 1. The first-order valence-corrected chi connectivity index (χ1v) is 24.3. The second-order valence-corrected chi connectivity index (χ2v) is 20.8. The lowest BCUT2D eigenvalue weighted by atomic mass is 9.43. The van der Waals surface area contributed by atoms with Crippen LogP contribution in [0.5, 0.6) is 0 Å². The summed E-state index contributed by atoms with van der Waals surface area (Å²) in [5, 5.41) is 18.8. The molecule has 0 aromatic heterocycles. The molecule has 0 radical (unpaired) electrons. The molecule has 6 aliphatic carbocycles. The van der Waals surface area contributed by atoms with Crippen LogP contribution in [0.2, 0.25) is 0 Å². The van der Waals surface area contributed by atoms with Crippen LogP contribution in [-0.4, -0.2) is 58.2 Å². The van der Waals surface area contributed by atoms with Gasteiger partial charge in [0.25, 0.3) is 11.8 Å². The zero-order valence-electron chi connectivity index (χ0n) is 33.4. The van der Waals surface area contributed by atoms with Gasteiger partial charge in [-0.3, -0.25) is 14.5 Å². The average molecular weight is 826 g/mol. The van der Waals surface area contributed by atoms with Crippen molar-refractivity contribution in [3.05, 3.63) is 81.7 Å². The van der Waals surface area contributed by atoms with E-state index in [1.54, 1.807) is 10.8 Å². The fourth-order valence-corrected chi connectivity index (χ4v) is 15.2. The van der Waals surface area contributed by atoms with Crippen LogP contribution in [0.3, 0.4) is 0 Å². The summed E-state index contributed by atoms with van der Waals surface area (Å²) in [6.45, 7) is 2.88. The summed E-state index contributed by atoms with van der Waals surface area (Å²) < 4.78 is 12.9. The van der Waals surface area contributed by atoms with Crippen LogP contribution in [0.4, 0.5) is 0 Å². The van der Waals surface area contributed by atoms with E-state index < -0.39 is 22.7 Å². The molecule has 4 fully saturated rings. The number of aliphatic hydroxyl groups is 1. The van der Waals surface area contributed by atoms with E-state index in [9.17, 15) is 24.3 Å². The normalized spacial score (nSPS) is 36.6. The number of ether oxygens (including phenoxy) is 2. The number of fused-ring (bicyclic) bond motifs is 2. The largest absolute Gasteiger partial charge is 0.427 e. The Morgan fingerprint density at radius 3 is 2.48 bits per heavy atom. The number of hydrogen-bond acceptors (Lipinski definition) is 11. The van der Waals surface area contributed by atoms with Gasteiger partial charge < -0.3 is 25.2 Å². The Bertz CT molecular complexity index is 2010. The number of nitrogens with one attached hydrogen (secondary N) is 2. The van der Waals surface area contributed by atoms with Gasteiger partial charge in [-0.15, -0.1) is 0 Å². The molecule has 1 saturated heterocycles. The highest BCUT2D eigenvalue weighted by molar-refractivity contribution is 8.76. The van der Waals surface area contributed by atoms with Crippen molar-refractivity contribution in [3.63, 3.8) is 0 Å². The number of nitrogens with zero attached hydrogens (tertiary/aromatic N) is 1. The Kier molecular flexibility index (Phi) is 10.1. The van der Waals surface area contributed by atoms with Gasteiger partial charge in [-0.25, -0.2) is 9.59 Å². The highest BCUT2D eigenvalue weighted by atomic mass is 33.1. The zero-order chi connectivity index (χ0) is 39.8. The molecule has 3 saturated carbocycles. The Balaban J connectivity index is 1.17. The summed E-state index contributed by atoms with van der Waals surface area (Å²) in [6, 6.07) is 0. The zero-order valence-corrected chi connectivity index (χ0v) is 35.0. The fourth-order valence-electron chi connectivity index (χ4n) is 13.0. The summed E-state index contributed by atoms with van der Waals surface area (Å²) in [7, 11) is 3.08. The highest BCUT2D eigenvalue weighted by Crippen LogP contribution is 2.71. The lowest BCUT2D eigenvalue weighted by Gasteiger charge is -2.57. The van der Waals surface area contributed by atoms with Crippen LogP contribution in [-0.2, 0) is 28.7 Å². The van der Waals surface area contributed by atoms with Crippen LogP contribution in [0.15, 0.2) is 81.7 Å². The van der Waals surface area contributed by atoms with E-state index >= 15 is 0 Å². The molecule has 5 aliphatic heterocycles. The van der Waals surface area contributed by atoms with Crippen molar-refractivity contribution in [3.8, 4) is 0 Å². The number of hydrogen-bond donors (Lipinski definition) is 3. The molecule has 5 heterocycles. The van der Waals surface area contributed by atoms with Gasteiger partial charge >= 0.3 is 11.9 Å². The van der Waals surface area contributed by atoms with Gasteiger partial charge in [-0.05, 0) is 104 Å². The molecule has 58 heavy (non-hydrogen) atoms. The summed E-state index contributed by atoms with van der Waals surface area (Å²) in [6.07, 6.45) is 26.0. The summed E-state index contributed by atoms with van der Waals surface area (Å²) in [4.78, 5) is 57.2. The van der Waals surface area contributed by atoms with E-state index in [2.05, 4.69) is 41.9 Å². The van der Waals surface area contributed by atoms with Crippen LogP contribution in [0.25, 0.3) is 0 Å². The number of esters is 2. The fraction of sp³-hybridized carbons (Fsp3) is 0.609. The van der Waals surface area contributed by atoms with Crippen LogP contribution >= 0.6 is 21.6 Å². The van der Waals surface area contributed by atoms with Crippen molar-refractivity contribution in [2.45, 2.75) is 109 Å². The molecular weight excluding hydrogens is 771 g/mol. The molecule has 11 rings (SSSR count). The Labute approximate surface area is 348 Å². The molecular formula is C46H55N3O7S2. The topological polar surface area (TPSA) is 134 Å². The number of amides is 2. The molecule has 7 unspecified atom stereocenters. The molecule has 11 aliphatic rings. The van der Waals surface area contributed by atoms with Crippen molar-refractivity contribution < 1.29 is 33.8 Å². The molecule has 3 N–H and O–H groups in total. The van der Waals surface area contributed by atoms with E-state index in [4.69, 9.17) is 9.47 Å². The maximum Gasteiger partial charge on any atom is 0.340 e. The number of carbonyl (C=O) groups is 4. The molecule has 308 valence electrons. The van der Waals surface area contributed by atoms with Crippen molar-refractivity contribution in [2.24, 2.45) is 46.3 Å². The first-order chi connectivity index (χ1) is 28.2. The van der Waals surface area contributed by atoms with Crippen LogP contribution in [0.1, 0.15) is 103 Å². The van der Waals surface area contributed by atoms with E-state index in [0.717, 1.165) is 98.1 Å². The summed E-state index contributed by atoms with van der Waals surface area (Å²) in [5.74, 6) is 0.883. The van der Waals surface area contributed by atoms with Crippen molar-refractivity contribution >= 4 is 45.3 Å². The molecule has 7 bridgehead atoms. The number of aliphatic hydroxyl groups excluding tert-OH is 1. The van der Waals surface area contributed by atoms with Crippen LogP contribution < -0.4 is 10.6 Å². The second-order valence-electron chi connectivity index (χ2n) is 18.3. The Hall–Kier alpha value is -3.48.